The Morgan fingerprint density at radius 3 is 2.40 bits per heavy atom. The Morgan fingerprint density at radius 2 is 1.93 bits per heavy atom. The van der Waals surface area contributed by atoms with E-state index in [-0.39, 0.29) is 5.41 Å². The molecule has 0 fully saturated rings. The molecular formula is C12H17NO2. The van der Waals surface area contributed by atoms with Crippen LogP contribution in [-0.2, 0) is 5.41 Å². The Balaban J connectivity index is 3.20. The highest BCUT2D eigenvalue weighted by Crippen LogP contribution is 2.31. The highest BCUT2D eigenvalue weighted by molar-refractivity contribution is 5.69. The van der Waals surface area contributed by atoms with Crippen LogP contribution in [0.3, 0.4) is 0 Å². The minimum absolute atomic E-state index is 0.0726. The number of aryl methyl sites for hydroxylation is 1. The van der Waals surface area contributed by atoms with Gasteiger partial charge >= 0.3 is 6.09 Å². The van der Waals surface area contributed by atoms with E-state index >= 15 is 0 Å². The molecule has 3 heteroatoms. The smallest absolute Gasteiger partial charge is 0.409 e. The van der Waals surface area contributed by atoms with Gasteiger partial charge in [0, 0.05) is 5.56 Å². The van der Waals surface area contributed by atoms with E-state index in [1.54, 1.807) is 6.07 Å². The molecule has 0 aliphatic rings. The molecule has 0 atom stereocenters. The summed E-state index contributed by atoms with van der Waals surface area (Å²) in [5.41, 5.74) is 7.06. The van der Waals surface area contributed by atoms with Crippen molar-refractivity contribution in [3.05, 3.63) is 29.3 Å². The number of hydrogen-bond donors (Lipinski definition) is 1. The minimum Gasteiger partial charge on any atom is -0.410 e. The number of ether oxygens (including phenoxy) is 1. The van der Waals surface area contributed by atoms with E-state index in [1.807, 2.05) is 19.1 Å². The molecule has 1 rings (SSSR count). The number of rotatable bonds is 1. The van der Waals surface area contributed by atoms with E-state index in [1.165, 1.54) is 0 Å². The largest absolute Gasteiger partial charge is 0.410 e. The maximum absolute atomic E-state index is 10.7. The summed E-state index contributed by atoms with van der Waals surface area (Å²) in [6, 6.07) is 5.69. The predicted molar refractivity (Wildman–Crippen MR) is 60.1 cm³/mol. The molecule has 1 aromatic carbocycles. The maximum Gasteiger partial charge on any atom is 0.409 e. The van der Waals surface area contributed by atoms with Crippen molar-refractivity contribution in [1.29, 1.82) is 0 Å². The monoisotopic (exact) mass is 207 g/mol. The molecule has 82 valence electrons. The summed E-state index contributed by atoms with van der Waals surface area (Å²) in [6.45, 7) is 8.20. The quantitative estimate of drug-likeness (QED) is 0.769. The Hall–Kier alpha value is -1.51. The Kier molecular flexibility index (Phi) is 3.03. The number of benzene rings is 1. The molecule has 0 aromatic heterocycles. The summed E-state index contributed by atoms with van der Waals surface area (Å²) >= 11 is 0. The van der Waals surface area contributed by atoms with Crippen LogP contribution in [0.25, 0.3) is 0 Å². The third-order valence-electron chi connectivity index (χ3n) is 2.15. The van der Waals surface area contributed by atoms with Crippen molar-refractivity contribution in [3.8, 4) is 5.75 Å². The highest BCUT2D eigenvalue weighted by atomic mass is 16.5. The molecular weight excluding hydrogens is 190 g/mol. The summed E-state index contributed by atoms with van der Waals surface area (Å²) in [5.74, 6) is 0.542. The molecule has 1 amide bonds. The fraction of sp³-hybridized carbons (Fsp3) is 0.417. The van der Waals surface area contributed by atoms with Gasteiger partial charge in [0.2, 0.25) is 0 Å². The third kappa shape index (κ3) is 2.98. The van der Waals surface area contributed by atoms with Crippen LogP contribution in [0.1, 0.15) is 31.9 Å². The second kappa shape index (κ2) is 3.93. The van der Waals surface area contributed by atoms with Crippen LogP contribution >= 0.6 is 0 Å². The van der Waals surface area contributed by atoms with E-state index < -0.39 is 6.09 Å². The first-order chi connectivity index (χ1) is 6.80. The SMILES string of the molecule is Cc1ccc(OC(N)=O)c(C(C)(C)C)c1. The summed E-state index contributed by atoms with van der Waals surface area (Å²) in [6.07, 6.45) is -0.774. The second-order valence-corrected chi connectivity index (χ2v) is 4.67. The molecule has 0 saturated heterocycles. The lowest BCUT2D eigenvalue weighted by Gasteiger charge is -2.22. The number of carbonyl (C=O) groups excluding carboxylic acids is 1. The first kappa shape index (κ1) is 11.6. The lowest BCUT2D eigenvalue weighted by atomic mass is 9.85. The van der Waals surface area contributed by atoms with E-state index in [9.17, 15) is 4.79 Å². The molecule has 0 saturated carbocycles. The molecule has 15 heavy (non-hydrogen) atoms. The number of amides is 1. The van der Waals surface area contributed by atoms with Crippen LogP contribution in [0.5, 0.6) is 5.75 Å². The van der Waals surface area contributed by atoms with E-state index in [2.05, 4.69) is 20.8 Å². The van der Waals surface area contributed by atoms with Crippen molar-refractivity contribution >= 4 is 6.09 Å². The van der Waals surface area contributed by atoms with E-state index in [0.717, 1.165) is 11.1 Å². The molecule has 0 bridgehead atoms. The first-order valence-corrected chi connectivity index (χ1v) is 4.89. The van der Waals surface area contributed by atoms with Gasteiger partial charge in [0.25, 0.3) is 0 Å². The zero-order chi connectivity index (χ0) is 11.6. The van der Waals surface area contributed by atoms with Crippen LogP contribution in [0.4, 0.5) is 4.79 Å². The van der Waals surface area contributed by atoms with Crippen molar-refractivity contribution in [2.75, 3.05) is 0 Å². The topological polar surface area (TPSA) is 52.3 Å². The number of primary amides is 1. The van der Waals surface area contributed by atoms with Crippen LogP contribution in [0, 0.1) is 6.92 Å². The molecule has 0 aliphatic heterocycles. The molecule has 2 N–H and O–H groups in total. The second-order valence-electron chi connectivity index (χ2n) is 4.67. The zero-order valence-corrected chi connectivity index (χ0v) is 9.63. The fourth-order valence-electron chi connectivity index (χ4n) is 1.43. The standard InChI is InChI=1S/C12H17NO2/c1-8-5-6-10(15-11(13)14)9(7-8)12(2,3)4/h5-7H,1-4H3,(H2,13,14). The van der Waals surface area contributed by atoms with Crippen molar-refractivity contribution in [2.24, 2.45) is 5.73 Å². The number of nitrogens with two attached hydrogens (primary N) is 1. The molecule has 0 spiro atoms. The normalized spacial score (nSPS) is 11.2. The van der Waals surface area contributed by atoms with Gasteiger partial charge in [0.05, 0.1) is 0 Å². The molecule has 1 aromatic rings. The molecule has 0 radical (unpaired) electrons. The van der Waals surface area contributed by atoms with Crippen molar-refractivity contribution in [3.63, 3.8) is 0 Å². The number of carbonyl (C=O) groups is 1. The molecule has 0 aliphatic carbocycles. The lowest BCUT2D eigenvalue weighted by molar-refractivity contribution is 0.210. The molecule has 0 heterocycles. The Labute approximate surface area is 90.2 Å². The highest BCUT2D eigenvalue weighted by Gasteiger charge is 2.19. The van der Waals surface area contributed by atoms with Gasteiger partial charge in [-0.3, -0.25) is 0 Å². The third-order valence-corrected chi connectivity index (χ3v) is 2.15. The first-order valence-electron chi connectivity index (χ1n) is 4.89. The van der Waals surface area contributed by atoms with Gasteiger partial charge in [-0.25, -0.2) is 4.79 Å². The van der Waals surface area contributed by atoms with Gasteiger partial charge in [-0.2, -0.15) is 0 Å². The predicted octanol–water partition coefficient (Wildman–Crippen LogP) is 2.75. The lowest BCUT2D eigenvalue weighted by Crippen LogP contribution is -2.20. The van der Waals surface area contributed by atoms with Crippen LogP contribution in [0.2, 0.25) is 0 Å². The van der Waals surface area contributed by atoms with E-state index in [0.29, 0.717) is 5.75 Å². The van der Waals surface area contributed by atoms with Crippen LogP contribution < -0.4 is 10.5 Å². The fourth-order valence-corrected chi connectivity index (χ4v) is 1.43. The minimum atomic E-state index is -0.774. The van der Waals surface area contributed by atoms with Gasteiger partial charge in [-0.15, -0.1) is 0 Å². The summed E-state index contributed by atoms with van der Waals surface area (Å²) in [4.78, 5) is 10.7. The van der Waals surface area contributed by atoms with Crippen LogP contribution in [-0.4, -0.2) is 6.09 Å². The molecule has 0 unspecified atom stereocenters. The van der Waals surface area contributed by atoms with Crippen molar-refractivity contribution in [2.45, 2.75) is 33.1 Å². The average Bonchev–Trinajstić information content (AvgIpc) is 2.05. The van der Waals surface area contributed by atoms with Crippen molar-refractivity contribution < 1.29 is 9.53 Å². The molecule has 3 nitrogen and oxygen atoms in total. The maximum atomic E-state index is 10.7. The van der Waals surface area contributed by atoms with Gasteiger partial charge in [-0.1, -0.05) is 38.5 Å². The average molecular weight is 207 g/mol. The zero-order valence-electron chi connectivity index (χ0n) is 9.63. The van der Waals surface area contributed by atoms with Crippen molar-refractivity contribution in [1.82, 2.24) is 0 Å². The summed E-state index contributed by atoms with van der Waals surface area (Å²) in [5, 5.41) is 0. The summed E-state index contributed by atoms with van der Waals surface area (Å²) in [7, 11) is 0. The Morgan fingerprint density at radius 1 is 1.33 bits per heavy atom. The van der Waals surface area contributed by atoms with E-state index in [4.69, 9.17) is 10.5 Å². The number of hydrogen-bond acceptors (Lipinski definition) is 2. The van der Waals surface area contributed by atoms with Gasteiger partial charge < -0.3 is 10.5 Å². The van der Waals surface area contributed by atoms with Gasteiger partial charge in [0.1, 0.15) is 5.75 Å². The van der Waals surface area contributed by atoms with Gasteiger partial charge in [-0.05, 0) is 18.4 Å². The summed E-state index contributed by atoms with van der Waals surface area (Å²) < 4.78 is 4.97. The van der Waals surface area contributed by atoms with Crippen LogP contribution in [0.15, 0.2) is 18.2 Å². The van der Waals surface area contributed by atoms with Gasteiger partial charge in [0.15, 0.2) is 0 Å². The Bertz CT molecular complexity index is 378.